The molecule has 2 rings (SSSR count). The highest BCUT2D eigenvalue weighted by Crippen LogP contribution is 2.24. The van der Waals surface area contributed by atoms with Crippen molar-refractivity contribution >= 4 is 23.7 Å². The summed E-state index contributed by atoms with van der Waals surface area (Å²) in [5.74, 6) is -1.20. The zero-order valence-electron chi connectivity index (χ0n) is 8.19. The first-order chi connectivity index (χ1) is 7.16. The summed E-state index contributed by atoms with van der Waals surface area (Å²) in [6, 6.07) is 6.59. The van der Waals surface area contributed by atoms with Gasteiger partial charge in [0.2, 0.25) is 0 Å². The summed E-state index contributed by atoms with van der Waals surface area (Å²) in [7, 11) is 0. The number of halogens is 3. The number of rotatable bonds is 2. The lowest BCUT2D eigenvalue weighted by molar-refractivity contribution is 0.577. The number of nitrogens with two attached hydrogens (primary N) is 1. The minimum atomic E-state index is -0.600. The van der Waals surface area contributed by atoms with E-state index in [1.54, 1.807) is 0 Å². The summed E-state index contributed by atoms with van der Waals surface area (Å²) in [4.78, 5) is 0.889. The molecule has 0 saturated carbocycles. The maximum absolute atomic E-state index is 12.9. The Morgan fingerprint density at radius 3 is 2.25 bits per heavy atom. The van der Waals surface area contributed by atoms with Crippen LogP contribution in [-0.4, -0.2) is 0 Å². The van der Waals surface area contributed by atoms with E-state index in [9.17, 15) is 8.78 Å². The molecule has 16 heavy (non-hydrogen) atoms. The lowest BCUT2D eigenvalue weighted by Crippen LogP contribution is -2.10. The normalized spacial score (nSPS) is 11.9. The van der Waals surface area contributed by atoms with Crippen LogP contribution in [0.3, 0.4) is 0 Å². The van der Waals surface area contributed by atoms with Crippen molar-refractivity contribution in [3.63, 3.8) is 0 Å². The Morgan fingerprint density at radius 1 is 1.12 bits per heavy atom. The fourth-order valence-electron chi connectivity index (χ4n) is 1.39. The first-order valence-corrected chi connectivity index (χ1v) is 5.30. The Balaban J connectivity index is 0.00000128. The van der Waals surface area contributed by atoms with Crippen molar-refractivity contribution in [1.29, 1.82) is 0 Å². The molecule has 86 valence electrons. The third-order valence-corrected chi connectivity index (χ3v) is 3.05. The molecular formula is C11H10ClF2NS. The van der Waals surface area contributed by atoms with Gasteiger partial charge in [0.05, 0.1) is 6.04 Å². The molecule has 1 aromatic carbocycles. The van der Waals surface area contributed by atoms with Crippen molar-refractivity contribution in [2.45, 2.75) is 6.04 Å². The van der Waals surface area contributed by atoms with Gasteiger partial charge in [-0.15, -0.1) is 23.7 Å². The monoisotopic (exact) mass is 261 g/mol. The molecule has 0 fully saturated rings. The van der Waals surface area contributed by atoms with Gasteiger partial charge in [-0.05, 0) is 29.1 Å². The highest BCUT2D eigenvalue weighted by molar-refractivity contribution is 7.10. The van der Waals surface area contributed by atoms with E-state index in [0.717, 1.165) is 10.9 Å². The molecule has 1 aromatic heterocycles. The van der Waals surface area contributed by atoms with Crippen LogP contribution in [0.15, 0.2) is 35.7 Å². The van der Waals surface area contributed by atoms with Gasteiger partial charge in [-0.3, -0.25) is 0 Å². The third kappa shape index (κ3) is 2.78. The second-order valence-corrected chi connectivity index (χ2v) is 4.18. The first kappa shape index (κ1) is 13.1. The summed E-state index contributed by atoms with van der Waals surface area (Å²) in [5.41, 5.74) is 6.33. The average Bonchev–Trinajstić information content (AvgIpc) is 2.67. The maximum Gasteiger partial charge on any atom is 0.126 e. The highest BCUT2D eigenvalue weighted by Gasteiger charge is 2.11. The molecule has 0 aliphatic rings. The predicted octanol–water partition coefficient (Wildman–Crippen LogP) is 3.50. The van der Waals surface area contributed by atoms with Crippen LogP contribution in [0.4, 0.5) is 8.78 Å². The van der Waals surface area contributed by atoms with Crippen LogP contribution >= 0.6 is 23.7 Å². The van der Waals surface area contributed by atoms with Crippen LogP contribution in [0.5, 0.6) is 0 Å². The molecule has 0 unspecified atom stereocenters. The Labute approximate surface area is 102 Å². The Kier molecular flexibility index (Phi) is 4.41. The summed E-state index contributed by atoms with van der Waals surface area (Å²) >= 11 is 1.47. The molecule has 0 aliphatic heterocycles. The van der Waals surface area contributed by atoms with Gasteiger partial charge in [-0.2, -0.15) is 0 Å². The van der Waals surface area contributed by atoms with Gasteiger partial charge in [0.1, 0.15) is 11.6 Å². The zero-order valence-corrected chi connectivity index (χ0v) is 9.82. The van der Waals surface area contributed by atoms with Crippen LogP contribution in [0.1, 0.15) is 16.5 Å². The van der Waals surface area contributed by atoms with E-state index in [1.807, 2.05) is 17.5 Å². The van der Waals surface area contributed by atoms with Gasteiger partial charge < -0.3 is 5.73 Å². The molecule has 1 heterocycles. The van der Waals surface area contributed by atoms with E-state index in [0.29, 0.717) is 5.56 Å². The maximum atomic E-state index is 12.9. The Morgan fingerprint density at radius 2 is 1.75 bits per heavy atom. The van der Waals surface area contributed by atoms with Gasteiger partial charge in [-0.1, -0.05) is 6.07 Å². The van der Waals surface area contributed by atoms with Crippen LogP contribution in [0.2, 0.25) is 0 Å². The fraction of sp³-hybridized carbons (Fsp3) is 0.0909. The van der Waals surface area contributed by atoms with E-state index in [1.165, 1.54) is 23.5 Å². The molecular weight excluding hydrogens is 252 g/mol. The summed E-state index contributed by atoms with van der Waals surface area (Å²) in [5, 5.41) is 1.88. The first-order valence-electron chi connectivity index (χ1n) is 4.42. The molecule has 5 heteroatoms. The van der Waals surface area contributed by atoms with E-state index in [4.69, 9.17) is 5.73 Å². The van der Waals surface area contributed by atoms with Gasteiger partial charge in [0.15, 0.2) is 0 Å². The largest absolute Gasteiger partial charge is 0.320 e. The van der Waals surface area contributed by atoms with Crippen molar-refractivity contribution in [1.82, 2.24) is 0 Å². The van der Waals surface area contributed by atoms with Gasteiger partial charge in [-0.25, -0.2) is 8.78 Å². The molecule has 0 spiro atoms. The summed E-state index contributed by atoms with van der Waals surface area (Å²) in [6.45, 7) is 0. The highest BCUT2D eigenvalue weighted by atomic mass is 35.5. The molecule has 0 saturated heterocycles. The topological polar surface area (TPSA) is 26.0 Å². The number of thiophene rings is 1. The minimum Gasteiger partial charge on any atom is -0.320 e. The van der Waals surface area contributed by atoms with Crippen molar-refractivity contribution in [3.8, 4) is 0 Å². The van der Waals surface area contributed by atoms with E-state index >= 15 is 0 Å². The lowest BCUT2D eigenvalue weighted by atomic mass is 10.1. The zero-order chi connectivity index (χ0) is 10.8. The second-order valence-electron chi connectivity index (χ2n) is 3.20. The predicted molar refractivity (Wildman–Crippen MR) is 64.0 cm³/mol. The van der Waals surface area contributed by atoms with Gasteiger partial charge in [0, 0.05) is 10.9 Å². The van der Waals surface area contributed by atoms with Gasteiger partial charge >= 0.3 is 0 Å². The van der Waals surface area contributed by atoms with Crippen LogP contribution in [0, 0.1) is 11.6 Å². The number of hydrogen-bond donors (Lipinski definition) is 1. The Hall–Kier alpha value is -0.970. The van der Waals surface area contributed by atoms with E-state index in [2.05, 4.69) is 0 Å². The summed E-state index contributed by atoms with van der Waals surface area (Å²) < 4.78 is 25.9. The molecule has 0 aliphatic carbocycles. The standard InChI is InChI=1S/C11H9F2NS.ClH/c12-8-4-7(5-9(13)6-8)11(14)10-2-1-3-15-10;/h1-6,11H,14H2;1H/t11-;/m1./s1. The van der Waals surface area contributed by atoms with Crippen LogP contribution in [-0.2, 0) is 0 Å². The Bertz CT molecular complexity index is 439. The molecule has 2 aromatic rings. The lowest BCUT2D eigenvalue weighted by Gasteiger charge is -2.09. The van der Waals surface area contributed by atoms with E-state index in [-0.39, 0.29) is 12.4 Å². The molecule has 1 atom stereocenters. The van der Waals surface area contributed by atoms with Crippen molar-refractivity contribution in [2.75, 3.05) is 0 Å². The SMILES string of the molecule is Cl.N[C@H](c1cc(F)cc(F)c1)c1cccs1. The average molecular weight is 262 g/mol. The van der Waals surface area contributed by atoms with Crippen molar-refractivity contribution in [3.05, 3.63) is 57.8 Å². The van der Waals surface area contributed by atoms with Crippen LogP contribution in [0.25, 0.3) is 0 Å². The fourth-order valence-corrected chi connectivity index (χ4v) is 2.14. The van der Waals surface area contributed by atoms with Crippen LogP contribution < -0.4 is 5.73 Å². The number of hydrogen-bond acceptors (Lipinski definition) is 2. The van der Waals surface area contributed by atoms with Gasteiger partial charge in [0.25, 0.3) is 0 Å². The van der Waals surface area contributed by atoms with E-state index < -0.39 is 17.7 Å². The molecule has 0 radical (unpaired) electrons. The quantitative estimate of drug-likeness (QED) is 0.880. The number of benzene rings is 1. The second kappa shape index (κ2) is 5.39. The summed E-state index contributed by atoms with van der Waals surface area (Å²) in [6.07, 6.45) is 0. The smallest absolute Gasteiger partial charge is 0.126 e. The molecule has 1 nitrogen and oxygen atoms in total. The van der Waals surface area contributed by atoms with Crippen molar-refractivity contribution < 1.29 is 8.78 Å². The third-order valence-electron chi connectivity index (χ3n) is 2.09. The molecule has 0 bridgehead atoms. The van der Waals surface area contributed by atoms with Crippen molar-refractivity contribution in [2.24, 2.45) is 5.73 Å². The molecule has 2 N–H and O–H groups in total. The minimum absolute atomic E-state index is 0. The molecule has 0 amide bonds.